The summed E-state index contributed by atoms with van der Waals surface area (Å²) >= 11 is 2.47. The number of ether oxygens (including phenoxy) is 2. The van der Waals surface area contributed by atoms with Crippen molar-refractivity contribution in [2.45, 2.75) is 23.6 Å². The first-order chi connectivity index (χ1) is 20.4. The largest absolute Gasteiger partial charge is 0.497 e. The summed E-state index contributed by atoms with van der Waals surface area (Å²) in [5.74, 6) is 0.634. The van der Waals surface area contributed by atoms with Gasteiger partial charge in [-0.2, -0.15) is 5.26 Å². The summed E-state index contributed by atoms with van der Waals surface area (Å²) in [6.07, 6.45) is 5.48. The number of hydrogen-bond acceptors (Lipinski definition) is 11. The van der Waals surface area contributed by atoms with E-state index >= 15 is 0 Å². The molecule has 12 heteroatoms. The van der Waals surface area contributed by atoms with Crippen molar-refractivity contribution >= 4 is 51.7 Å². The van der Waals surface area contributed by atoms with Crippen LogP contribution in [0.15, 0.2) is 81.6 Å². The lowest BCUT2D eigenvalue weighted by Crippen LogP contribution is -2.39. The van der Waals surface area contributed by atoms with Gasteiger partial charge in [-0.15, -0.1) is 10.2 Å². The minimum absolute atomic E-state index is 0.00540. The lowest BCUT2D eigenvalue weighted by Gasteiger charge is -2.37. The Morgan fingerprint density at radius 3 is 2.62 bits per heavy atom. The number of aromatic nitrogens is 2. The smallest absolute Gasteiger partial charge is 0.234 e. The molecule has 42 heavy (non-hydrogen) atoms. The quantitative estimate of drug-likeness (QED) is 0.317. The number of nitrogens with two attached hydrogens (primary N) is 1. The summed E-state index contributed by atoms with van der Waals surface area (Å²) in [5, 5.41) is 22.0. The maximum Gasteiger partial charge on any atom is 0.234 e. The number of allylic oxidation sites excluding steroid dienone is 4. The van der Waals surface area contributed by atoms with Crippen molar-refractivity contribution in [2.24, 2.45) is 11.7 Å². The van der Waals surface area contributed by atoms with Crippen molar-refractivity contribution in [1.82, 2.24) is 10.2 Å². The first kappa shape index (κ1) is 28.9. The molecule has 1 amide bonds. The van der Waals surface area contributed by atoms with Crippen LogP contribution in [0.4, 0.5) is 10.8 Å². The SMILES string of the molecule is COc1cc(NC(=O)CSc2nnc(N3C(N)=C(C#N)C(/C=C/c4ccccc4)C4=C3CCCC4=O)s2)cc(OC)c1. The van der Waals surface area contributed by atoms with E-state index in [-0.39, 0.29) is 28.8 Å². The molecule has 1 unspecified atom stereocenters. The summed E-state index contributed by atoms with van der Waals surface area (Å²) in [5.41, 5.74) is 9.69. The van der Waals surface area contributed by atoms with Gasteiger partial charge in [-0.25, -0.2) is 0 Å². The summed E-state index contributed by atoms with van der Waals surface area (Å²) in [6.45, 7) is 0. The van der Waals surface area contributed by atoms with Gasteiger partial charge in [0, 0.05) is 47.5 Å². The van der Waals surface area contributed by atoms with Crippen LogP contribution in [0, 0.1) is 17.2 Å². The number of anilines is 2. The number of methoxy groups -OCH3 is 2. The lowest BCUT2D eigenvalue weighted by atomic mass is 9.79. The van der Waals surface area contributed by atoms with Gasteiger partial charge in [0.2, 0.25) is 11.0 Å². The molecule has 0 spiro atoms. The summed E-state index contributed by atoms with van der Waals surface area (Å²) in [6, 6.07) is 17.1. The predicted octanol–water partition coefficient (Wildman–Crippen LogP) is 5.14. The Balaban J connectivity index is 1.36. The molecule has 3 aromatic rings. The molecule has 2 aromatic carbocycles. The fourth-order valence-corrected chi connectivity index (χ4v) is 6.55. The third kappa shape index (κ3) is 6.17. The third-order valence-electron chi connectivity index (χ3n) is 6.79. The van der Waals surface area contributed by atoms with Crippen LogP contribution in [0.1, 0.15) is 24.8 Å². The molecule has 1 aromatic heterocycles. The van der Waals surface area contributed by atoms with Crippen LogP contribution in [0.25, 0.3) is 6.08 Å². The molecule has 0 saturated heterocycles. The molecule has 1 aliphatic heterocycles. The Kier molecular flexibility index (Phi) is 8.90. The Hall–Kier alpha value is -4.60. The lowest BCUT2D eigenvalue weighted by molar-refractivity contribution is -0.116. The summed E-state index contributed by atoms with van der Waals surface area (Å²) in [7, 11) is 3.08. The zero-order valence-corrected chi connectivity index (χ0v) is 24.6. The van der Waals surface area contributed by atoms with Crippen LogP contribution >= 0.6 is 23.1 Å². The molecule has 1 atom stereocenters. The number of ketones is 1. The maximum absolute atomic E-state index is 13.2. The van der Waals surface area contributed by atoms with Crippen LogP contribution in [0.5, 0.6) is 11.5 Å². The van der Waals surface area contributed by atoms with Gasteiger partial charge in [0.15, 0.2) is 10.1 Å². The normalized spacial score (nSPS) is 16.8. The number of Topliss-reactive ketones (excluding diaryl/α,β-unsaturated/α-hetero) is 1. The molecule has 3 N–H and O–H groups in total. The average molecular weight is 601 g/mol. The molecular formula is C30H28N6O4S2. The molecule has 0 saturated carbocycles. The molecule has 5 rings (SSSR count). The van der Waals surface area contributed by atoms with E-state index in [0.717, 1.165) is 11.3 Å². The second-order valence-corrected chi connectivity index (χ2v) is 11.6. The second kappa shape index (κ2) is 12.9. The van der Waals surface area contributed by atoms with Gasteiger partial charge in [0.05, 0.1) is 31.6 Å². The molecule has 1 aliphatic carbocycles. The van der Waals surface area contributed by atoms with E-state index in [0.29, 0.717) is 51.5 Å². The fraction of sp³-hybridized carbons (Fsp3) is 0.233. The monoisotopic (exact) mass is 600 g/mol. The van der Waals surface area contributed by atoms with Crippen molar-refractivity contribution in [3.05, 3.63) is 82.8 Å². The van der Waals surface area contributed by atoms with Crippen LogP contribution < -0.4 is 25.4 Å². The van der Waals surface area contributed by atoms with E-state index < -0.39 is 5.92 Å². The van der Waals surface area contributed by atoms with Crippen molar-refractivity contribution < 1.29 is 19.1 Å². The molecule has 10 nitrogen and oxygen atoms in total. The number of benzene rings is 2. The van der Waals surface area contributed by atoms with Crippen LogP contribution in [-0.4, -0.2) is 41.9 Å². The van der Waals surface area contributed by atoms with Crippen molar-refractivity contribution in [1.29, 1.82) is 5.26 Å². The van der Waals surface area contributed by atoms with Gasteiger partial charge >= 0.3 is 0 Å². The van der Waals surface area contributed by atoms with Gasteiger partial charge in [-0.1, -0.05) is 65.6 Å². The molecule has 0 fully saturated rings. The number of rotatable bonds is 9. The van der Waals surface area contributed by atoms with E-state index in [1.54, 1.807) is 23.1 Å². The van der Waals surface area contributed by atoms with Crippen molar-refractivity contribution in [3.8, 4) is 17.6 Å². The zero-order chi connectivity index (χ0) is 29.6. The van der Waals surface area contributed by atoms with E-state index in [9.17, 15) is 14.9 Å². The van der Waals surface area contributed by atoms with Crippen LogP contribution in [0.3, 0.4) is 0 Å². The summed E-state index contributed by atoms with van der Waals surface area (Å²) in [4.78, 5) is 27.6. The number of thioether (sulfide) groups is 1. The van der Waals surface area contributed by atoms with Gasteiger partial charge < -0.3 is 20.5 Å². The van der Waals surface area contributed by atoms with Gasteiger partial charge in [-0.05, 0) is 18.4 Å². The maximum atomic E-state index is 13.2. The van der Waals surface area contributed by atoms with E-state index in [2.05, 4.69) is 21.6 Å². The van der Waals surface area contributed by atoms with Crippen LogP contribution in [0.2, 0.25) is 0 Å². The number of carbonyl (C=O) groups is 2. The first-order valence-electron chi connectivity index (χ1n) is 13.1. The Labute approximate surface area is 251 Å². The highest BCUT2D eigenvalue weighted by atomic mass is 32.2. The zero-order valence-electron chi connectivity index (χ0n) is 23.0. The third-order valence-corrected chi connectivity index (χ3v) is 8.83. The van der Waals surface area contributed by atoms with Gasteiger partial charge in [0.1, 0.15) is 17.3 Å². The Morgan fingerprint density at radius 2 is 1.93 bits per heavy atom. The number of hydrogen-bond donors (Lipinski definition) is 2. The first-order valence-corrected chi connectivity index (χ1v) is 14.9. The molecule has 214 valence electrons. The molecule has 0 radical (unpaired) electrons. The highest BCUT2D eigenvalue weighted by Crippen LogP contribution is 2.44. The van der Waals surface area contributed by atoms with E-state index in [1.807, 2.05) is 42.5 Å². The average Bonchev–Trinajstić information content (AvgIpc) is 3.47. The molecule has 2 aliphatic rings. The fourth-order valence-electron chi connectivity index (χ4n) is 4.87. The minimum atomic E-state index is -0.546. The molecular weight excluding hydrogens is 573 g/mol. The topological polar surface area (TPSA) is 143 Å². The van der Waals surface area contributed by atoms with Crippen molar-refractivity contribution in [3.63, 3.8) is 0 Å². The van der Waals surface area contributed by atoms with Crippen LogP contribution in [-0.2, 0) is 9.59 Å². The molecule has 0 bridgehead atoms. The number of nitrogens with zero attached hydrogens (tertiary/aromatic N) is 4. The predicted molar refractivity (Wildman–Crippen MR) is 163 cm³/mol. The molecule has 2 heterocycles. The number of carbonyl (C=O) groups excluding carboxylic acids is 2. The highest BCUT2D eigenvalue weighted by Gasteiger charge is 2.39. The van der Waals surface area contributed by atoms with E-state index in [1.165, 1.54) is 37.3 Å². The van der Waals surface area contributed by atoms with Gasteiger partial charge in [0.25, 0.3) is 0 Å². The number of nitrogens with one attached hydrogen (secondary N) is 1. The number of amides is 1. The minimum Gasteiger partial charge on any atom is -0.497 e. The van der Waals surface area contributed by atoms with Gasteiger partial charge in [-0.3, -0.25) is 14.5 Å². The number of nitriles is 1. The second-order valence-electron chi connectivity index (χ2n) is 9.42. The highest BCUT2D eigenvalue weighted by molar-refractivity contribution is 8.01. The van der Waals surface area contributed by atoms with Crippen molar-refractivity contribution in [2.75, 3.05) is 30.2 Å². The summed E-state index contributed by atoms with van der Waals surface area (Å²) < 4.78 is 11.1. The van der Waals surface area contributed by atoms with E-state index in [4.69, 9.17) is 15.2 Å². The Bertz CT molecular complexity index is 1620. The standard InChI is InChI=1S/C30H28N6O4S2/c1-39-20-13-19(14-21(15-20)40-2)33-26(38)17-41-30-35-34-29(42-30)36-24-9-6-10-25(37)27(24)22(23(16-31)28(36)32)12-11-18-7-4-3-5-8-18/h3-5,7-8,11-15,22H,6,9-10,17,32H2,1-2H3,(H,33,38)/b12-11+. The Morgan fingerprint density at radius 1 is 1.19 bits per heavy atom.